The van der Waals surface area contributed by atoms with Gasteiger partial charge in [-0.05, 0) is 67.3 Å². The van der Waals surface area contributed by atoms with Crippen LogP contribution in [0.3, 0.4) is 0 Å². The molecule has 4 rings (SSSR count). The third kappa shape index (κ3) is 3.52. The maximum absolute atomic E-state index is 13.1. The topological polar surface area (TPSA) is 68.9 Å². The largest absolute Gasteiger partial charge is 0.324 e. The van der Waals surface area contributed by atoms with E-state index in [4.69, 9.17) is 0 Å². The van der Waals surface area contributed by atoms with E-state index in [9.17, 15) is 9.59 Å². The fraction of sp³-hybridized carbons (Fsp3) is 0.208. The summed E-state index contributed by atoms with van der Waals surface area (Å²) in [6.45, 7) is 6.03. The molecular weight excluding hydrogens is 376 g/mol. The minimum Gasteiger partial charge on any atom is -0.324 e. The monoisotopic (exact) mass is 400 g/mol. The van der Waals surface area contributed by atoms with Crippen LogP contribution in [0.5, 0.6) is 0 Å². The fourth-order valence-corrected chi connectivity index (χ4v) is 3.58. The van der Waals surface area contributed by atoms with Crippen molar-refractivity contribution in [2.24, 2.45) is 0 Å². The smallest absolute Gasteiger partial charge is 0.280 e. The number of rotatable bonds is 5. The van der Waals surface area contributed by atoms with Gasteiger partial charge in [0.05, 0.1) is 11.1 Å². The van der Waals surface area contributed by atoms with Crippen LogP contribution in [0.1, 0.15) is 23.6 Å². The Morgan fingerprint density at radius 3 is 2.53 bits per heavy atom. The van der Waals surface area contributed by atoms with Crippen molar-refractivity contribution >= 4 is 22.6 Å². The summed E-state index contributed by atoms with van der Waals surface area (Å²) >= 11 is 0. The number of nitrogens with zero attached hydrogens (tertiary/aromatic N) is 3. The lowest BCUT2D eigenvalue weighted by Crippen LogP contribution is -2.27. The van der Waals surface area contributed by atoms with Crippen molar-refractivity contribution in [1.82, 2.24) is 14.3 Å². The van der Waals surface area contributed by atoms with Crippen molar-refractivity contribution in [3.05, 3.63) is 87.8 Å². The maximum atomic E-state index is 13.1. The zero-order valence-corrected chi connectivity index (χ0v) is 17.3. The van der Waals surface area contributed by atoms with Gasteiger partial charge in [0.15, 0.2) is 5.65 Å². The van der Waals surface area contributed by atoms with E-state index in [2.05, 4.69) is 17.2 Å². The van der Waals surface area contributed by atoms with Crippen LogP contribution in [0.15, 0.2) is 65.6 Å². The van der Waals surface area contributed by atoms with Crippen LogP contribution >= 0.6 is 0 Å². The van der Waals surface area contributed by atoms with Gasteiger partial charge < -0.3 is 5.32 Å². The quantitative estimate of drug-likeness (QED) is 0.550. The molecule has 0 saturated heterocycles. The SMILES string of the molecule is CCc1ccc(-n2c(=O)c3cccnc3n2CC(=O)Nc2cccc(C)c2C)cc1. The summed E-state index contributed by atoms with van der Waals surface area (Å²) in [5.74, 6) is -0.217. The van der Waals surface area contributed by atoms with E-state index in [1.807, 2.05) is 56.3 Å². The third-order valence-electron chi connectivity index (χ3n) is 5.46. The lowest BCUT2D eigenvalue weighted by atomic mass is 10.1. The molecule has 30 heavy (non-hydrogen) atoms. The molecule has 152 valence electrons. The van der Waals surface area contributed by atoms with Gasteiger partial charge in [-0.15, -0.1) is 0 Å². The number of benzene rings is 2. The Kier molecular flexibility index (Phi) is 5.23. The van der Waals surface area contributed by atoms with E-state index in [1.165, 1.54) is 10.2 Å². The summed E-state index contributed by atoms with van der Waals surface area (Å²) in [6.07, 6.45) is 2.55. The Morgan fingerprint density at radius 2 is 1.80 bits per heavy atom. The van der Waals surface area contributed by atoms with Crippen LogP contribution in [0.4, 0.5) is 5.69 Å². The number of carbonyl (C=O) groups excluding carboxylic acids is 1. The molecule has 6 heteroatoms. The number of carbonyl (C=O) groups is 1. The summed E-state index contributed by atoms with van der Waals surface area (Å²) in [7, 11) is 0. The number of hydrogen-bond donors (Lipinski definition) is 1. The number of pyridine rings is 1. The van der Waals surface area contributed by atoms with Crippen LogP contribution in [-0.4, -0.2) is 20.3 Å². The molecule has 1 amide bonds. The molecule has 2 aromatic carbocycles. The molecule has 4 aromatic rings. The molecule has 0 radical (unpaired) electrons. The first-order chi connectivity index (χ1) is 14.5. The second-order valence-corrected chi connectivity index (χ2v) is 7.36. The number of hydrogen-bond acceptors (Lipinski definition) is 3. The standard InChI is InChI=1S/C24H24N4O2/c1-4-18-10-12-19(13-11-18)28-24(30)20-8-6-14-25-23(20)27(28)15-22(29)26-21-9-5-7-16(2)17(21)3/h5-14H,4,15H2,1-3H3,(H,26,29). The van der Waals surface area contributed by atoms with Crippen molar-refractivity contribution in [3.63, 3.8) is 0 Å². The van der Waals surface area contributed by atoms with Crippen LogP contribution in [0, 0.1) is 13.8 Å². The Labute approximate surface area is 174 Å². The highest BCUT2D eigenvalue weighted by atomic mass is 16.2. The predicted octanol–water partition coefficient (Wildman–Crippen LogP) is 4.01. The normalized spacial score (nSPS) is 11.0. The average molecular weight is 400 g/mol. The number of fused-ring (bicyclic) bond motifs is 1. The highest BCUT2D eigenvalue weighted by molar-refractivity contribution is 5.92. The molecule has 0 atom stereocenters. The number of nitrogens with one attached hydrogen (secondary N) is 1. The summed E-state index contributed by atoms with van der Waals surface area (Å²) in [5.41, 5.74) is 5.07. The van der Waals surface area contributed by atoms with E-state index >= 15 is 0 Å². The van der Waals surface area contributed by atoms with E-state index in [1.54, 1.807) is 23.0 Å². The van der Waals surface area contributed by atoms with E-state index in [0.717, 1.165) is 23.2 Å². The molecule has 0 fully saturated rings. The fourth-order valence-electron chi connectivity index (χ4n) is 3.58. The second-order valence-electron chi connectivity index (χ2n) is 7.36. The zero-order chi connectivity index (χ0) is 21.3. The average Bonchev–Trinajstić information content (AvgIpc) is 3.03. The molecule has 0 unspecified atom stereocenters. The molecule has 2 heterocycles. The van der Waals surface area contributed by atoms with Crippen molar-refractivity contribution in [1.29, 1.82) is 0 Å². The Morgan fingerprint density at radius 1 is 1.03 bits per heavy atom. The van der Waals surface area contributed by atoms with Gasteiger partial charge in [0.25, 0.3) is 5.56 Å². The van der Waals surface area contributed by atoms with E-state index in [-0.39, 0.29) is 18.0 Å². The molecular formula is C24H24N4O2. The molecule has 2 aromatic heterocycles. The number of anilines is 1. The molecule has 1 N–H and O–H groups in total. The van der Waals surface area contributed by atoms with Gasteiger partial charge in [0.1, 0.15) is 6.54 Å². The summed E-state index contributed by atoms with van der Waals surface area (Å²) in [6, 6.07) is 17.1. The molecule has 0 aliphatic heterocycles. The van der Waals surface area contributed by atoms with Crippen molar-refractivity contribution < 1.29 is 4.79 Å². The number of amides is 1. The lowest BCUT2D eigenvalue weighted by Gasteiger charge is -2.14. The van der Waals surface area contributed by atoms with Gasteiger partial charge in [-0.1, -0.05) is 31.2 Å². The van der Waals surface area contributed by atoms with Crippen LogP contribution in [-0.2, 0) is 17.8 Å². The maximum Gasteiger partial charge on any atom is 0.280 e. The van der Waals surface area contributed by atoms with Gasteiger partial charge in [-0.2, -0.15) is 0 Å². The van der Waals surface area contributed by atoms with Gasteiger partial charge >= 0.3 is 0 Å². The second kappa shape index (κ2) is 7.99. The van der Waals surface area contributed by atoms with Crippen LogP contribution < -0.4 is 10.9 Å². The van der Waals surface area contributed by atoms with Gasteiger partial charge in [-0.25, -0.2) is 9.67 Å². The molecule has 0 saturated carbocycles. The number of aryl methyl sites for hydroxylation is 2. The lowest BCUT2D eigenvalue weighted by molar-refractivity contribution is -0.116. The first kappa shape index (κ1) is 19.6. The van der Waals surface area contributed by atoms with Crippen molar-refractivity contribution in [2.45, 2.75) is 33.7 Å². The van der Waals surface area contributed by atoms with E-state index < -0.39 is 0 Å². The first-order valence-electron chi connectivity index (χ1n) is 10.0. The van der Waals surface area contributed by atoms with Crippen LogP contribution in [0.2, 0.25) is 0 Å². The van der Waals surface area contributed by atoms with Gasteiger partial charge in [-0.3, -0.25) is 14.3 Å². The van der Waals surface area contributed by atoms with Gasteiger partial charge in [0.2, 0.25) is 5.91 Å². The molecule has 6 nitrogen and oxygen atoms in total. The minimum absolute atomic E-state index is 0.0291. The number of aromatic nitrogens is 3. The Balaban J connectivity index is 1.76. The highest BCUT2D eigenvalue weighted by Crippen LogP contribution is 2.19. The molecule has 0 aliphatic carbocycles. The molecule has 0 bridgehead atoms. The Hall–Kier alpha value is -3.67. The van der Waals surface area contributed by atoms with Crippen molar-refractivity contribution in [3.8, 4) is 5.69 Å². The first-order valence-corrected chi connectivity index (χ1v) is 10.0. The van der Waals surface area contributed by atoms with Gasteiger partial charge in [0, 0.05) is 11.9 Å². The zero-order valence-electron chi connectivity index (χ0n) is 17.3. The van der Waals surface area contributed by atoms with Crippen LogP contribution in [0.25, 0.3) is 16.7 Å². The summed E-state index contributed by atoms with van der Waals surface area (Å²) in [4.78, 5) is 30.4. The minimum atomic E-state index is -0.217. The summed E-state index contributed by atoms with van der Waals surface area (Å²) < 4.78 is 3.17. The van der Waals surface area contributed by atoms with Crippen molar-refractivity contribution in [2.75, 3.05) is 5.32 Å². The van der Waals surface area contributed by atoms with E-state index in [0.29, 0.717) is 16.7 Å². The highest BCUT2D eigenvalue weighted by Gasteiger charge is 2.18. The Bertz CT molecular complexity index is 1280. The summed E-state index contributed by atoms with van der Waals surface area (Å²) in [5, 5.41) is 3.45. The molecule has 0 spiro atoms. The third-order valence-corrected chi connectivity index (χ3v) is 5.46. The predicted molar refractivity (Wildman–Crippen MR) is 119 cm³/mol. The molecule has 0 aliphatic rings.